The van der Waals surface area contributed by atoms with Gasteiger partial charge in [-0.2, -0.15) is 0 Å². The van der Waals surface area contributed by atoms with Crippen LogP contribution in [-0.4, -0.2) is 17.6 Å². The molecule has 0 heterocycles. The number of hydrogen-bond donors (Lipinski definition) is 2. The van der Waals surface area contributed by atoms with Crippen molar-refractivity contribution in [3.05, 3.63) is 65.0 Å². The topological polar surface area (TPSA) is 49.3 Å². The Balaban J connectivity index is 2.07. The molecule has 6 heteroatoms. The fourth-order valence-corrected chi connectivity index (χ4v) is 1.89. The SMILES string of the molecule is O=C(O)c1cc(F)c(NCCc2ccccc2F)c(F)c1. The fourth-order valence-electron chi connectivity index (χ4n) is 1.89. The van der Waals surface area contributed by atoms with Crippen LogP contribution in [0.25, 0.3) is 0 Å². The van der Waals surface area contributed by atoms with Gasteiger partial charge in [-0.1, -0.05) is 18.2 Å². The van der Waals surface area contributed by atoms with Crippen molar-refractivity contribution in [2.24, 2.45) is 0 Å². The minimum absolute atomic E-state index is 0.112. The summed E-state index contributed by atoms with van der Waals surface area (Å²) in [5.41, 5.74) is -0.464. The van der Waals surface area contributed by atoms with Gasteiger partial charge in [0.2, 0.25) is 0 Å². The summed E-state index contributed by atoms with van der Waals surface area (Å²) >= 11 is 0. The molecule has 0 spiro atoms. The maximum Gasteiger partial charge on any atom is 0.335 e. The van der Waals surface area contributed by atoms with Gasteiger partial charge in [0.05, 0.1) is 5.56 Å². The van der Waals surface area contributed by atoms with Crippen LogP contribution in [0, 0.1) is 17.5 Å². The number of halogens is 3. The third kappa shape index (κ3) is 3.53. The Kier molecular flexibility index (Phi) is 4.47. The van der Waals surface area contributed by atoms with Gasteiger partial charge >= 0.3 is 5.97 Å². The van der Waals surface area contributed by atoms with Gasteiger partial charge < -0.3 is 10.4 Å². The minimum Gasteiger partial charge on any atom is -0.478 e. The van der Waals surface area contributed by atoms with Gasteiger partial charge in [0.25, 0.3) is 0 Å². The molecule has 0 atom stereocenters. The second kappa shape index (κ2) is 6.30. The first-order valence-electron chi connectivity index (χ1n) is 6.18. The van der Waals surface area contributed by atoms with Crippen LogP contribution in [-0.2, 0) is 6.42 Å². The molecule has 21 heavy (non-hydrogen) atoms. The first kappa shape index (κ1) is 14.9. The number of nitrogens with one attached hydrogen (secondary N) is 1. The zero-order valence-electron chi connectivity index (χ0n) is 10.9. The lowest BCUT2D eigenvalue weighted by molar-refractivity contribution is 0.0696. The lowest BCUT2D eigenvalue weighted by atomic mass is 10.1. The molecular formula is C15H12F3NO2. The van der Waals surface area contributed by atoms with Crippen molar-refractivity contribution in [1.82, 2.24) is 0 Å². The molecule has 0 saturated heterocycles. The van der Waals surface area contributed by atoms with Crippen molar-refractivity contribution in [2.45, 2.75) is 6.42 Å². The molecule has 0 fully saturated rings. The predicted molar refractivity (Wildman–Crippen MR) is 71.9 cm³/mol. The Hall–Kier alpha value is -2.50. The fraction of sp³-hybridized carbons (Fsp3) is 0.133. The molecule has 2 aromatic carbocycles. The summed E-state index contributed by atoms with van der Waals surface area (Å²) in [6.45, 7) is 0.112. The molecule has 0 aliphatic heterocycles. The van der Waals surface area contributed by atoms with Crippen LogP contribution in [0.5, 0.6) is 0 Å². The number of carboxylic acid groups (broad SMARTS) is 1. The highest BCUT2D eigenvalue weighted by atomic mass is 19.1. The number of anilines is 1. The van der Waals surface area contributed by atoms with Crippen LogP contribution < -0.4 is 5.32 Å². The highest BCUT2D eigenvalue weighted by Gasteiger charge is 2.14. The Labute approximate surface area is 119 Å². The summed E-state index contributed by atoms with van der Waals surface area (Å²) in [5.74, 6) is -3.80. The van der Waals surface area contributed by atoms with Crippen molar-refractivity contribution < 1.29 is 23.1 Å². The molecule has 110 valence electrons. The summed E-state index contributed by atoms with van der Waals surface area (Å²) in [6.07, 6.45) is 0.242. The first-order valence-corrected chi connectivity index (χ1v) is 6.18. The molecule has 0 radical (unpaired) electrons. The van der Waals surface area contributed by atoms with Gasteiger partial charge in [-0.05, 0) is 30.2 Å². The van der Waals surface area contributed by atoms with Gasteiger partial charge in [-0.3, -0.25) is 0 Å². The molecule has 0 saturated carbocycles. The summed E-state index contributed by atoms with van der Waals surface area (Å²) in [7, 11) is 0. The molecule has 3 nitrogen and oxygen atoms in total. The Morgan fingerprint density at radius 3 is 2.24 bits per heavy atom. The van der Waals surface area contributed by atoms with Crippen molar-refractivity contribution in [3.63, 3.8) is 0 Å². The van der Waals surface area contributed by atoms with Gasteiger partial charge in [0.15, 0.2) is 0 Å². The van der Waals surface area contributed by atoms with Crippen molar-refractivity contribution >= 4 is 11.7 Å². The third-order valence-electron chi connectivity index (χ3n) is 2.94. The average Bonchev–Trinajstić information content (AvgIpc) is 2.43. The molecule has 2 aromatic rings. The number of rotatable bonds is 5. The molecule has 2 rings (SSSR count). The van der Waals surface area contributed by atoms with Crippen LogP contribution >= 0.6 is 0 Å². The first-order chi connectivity index (χ1) is 9.99. The number of carboxylic acids is 1. The Bertz CT molecular complexity index is 651. The van der Waals surface area contributed by atoms with E-state index in [1.165, 1.54) is 6.07 Å². The van der Waals surface area contributed by atoms with Crippen LogP contribution in [0.4, 0.5) is 18.9 Å². The lowest BCUT2D eigenvalue weighted by Crippen LogP contribution is -2.10. The van der Waals surface area contributed by atoms with E-state index in [9.17, 15) is 18.0 Å². The van der Waals surface area contributed by atoms with E-state index < -0.39 is 28.9 Å². The maximum atomic E-state index is 13.6. The molecule has 0 amide bonds. The van der Waals surface area contributed by atoms with Gasteiger partial charge in [-0.15, -0.1) is 0 Å². The molecule has 2 N–H and O–H groups in total. The average molecular weight is 295 g/mol. The van der Waals surface area contributed by atoms with Gasteiger partial charge in [0, 0.05) is 6.54 Å². The standard InChI is InChI=1S/C15H12F3NO2/c16-11-4-2-1-3-9(11)5-6-19-14-12(17)7-10(15(20)21)8-13(14)18/h1-4,7-8,19H,5-6H2,(H,20,21). The van der Waals surface area contributed by atoms with E-state index in [2.05, 4.69) is 5.32 Å². The number of hydrogen-bond acceptors (Lipinski definition) is 2. The molecule has 0 aromatic heterocycles. The molecule has 0 aliphatic carbocycles. The quantitative estimate of drug-likeness (QED) is 0.888. The van der Waals surface area contributed by atoms with Crippen LogP contribution in [0.15, 0.2) is 36.4 Å². The van der Waals surface area contributed by atoms with Crippen LogP contribution in [0.1, 0.15) is 15.9 Å². The minimum atomic E-state index is -1.41. The highest BCUT2D eigenvalue weighted by Crippen LogP contribution is 2.21. The molecule has 0 unspecified atom stereocenters. The molecule has 0 bridgehead atoms. The summed E-state index contributed by atoms with van der Waals surface area (Å²) < 4.78 is 40.6. The normalized spacial score (nSPS) is 10.4. The largest absolute Gasteiger partial charge is 0.478 e. The maximum absolute atomic E-state index is 13.6. The van der Waals surface area contributed by atoms with E-state index in [-0.39, 0.29) is 18.8 Å². The number of carbonyl (C=O) groups is 1. The Morgan fingerprint density at radius 1 is 1.05 bits per heavy atom. The zero-order chi connectivity index (χ0) is 15.4. The third-order valence-corrected chi connectivity index (χ3v) is 2.94. The van der Waals surface area contributed by atoms with E-state index in [0.29, 0.717) is 5.56 Å². The Morgan fingerprint density at radius 2 is 1.67 bits per heavy atom. The predicted octanol–water partition coefficient (Wildman–Crippen LogP) is 3.46. The molecule has 0 aliphatic rings. The summed E-state index contributed by atoms with van der Waals surface area (Å²) in [4.78, 5) is 10.7. The van der Waals surface area contributed by atoms with Crippen LogP contribution in [0.2, 0.25) is 0 Å². The lowest BCUT2D eigenvalue weighted by Gasteiger charge is -2.10. The zero-order valence-corrected chi connectivity index (χ0v) is 10.9. The van der Waals surface area contributed by atoms with E-state index >= 15 is 0 Å². The van der Waals surface area contributed by atoms with E-state index in [0.717, 1.165) is 12.1 Å². The second-order valence-electron chi connectivity index (χ2n) is 4.39. The van der Waals surface area contributed by atoms with Crippen molar-refractivity contribution in [1.29, 1.82) is 0 Å². The highest BCUT2D eigenvalue weighted by molar-refractivity contribution is 5.88. The summed E-state index contributed by atoms with van der Waals surface area (Å²) in [5, 5.41) is 11.2. The van der Waals surface area contributed by atoms with Crippen molar-refractivity contribution in [3.8, 4) is 0 Å². The van der Waals surface area contributed by atoms with Crippen molar-refractivity contribution in [2.75, 3.05) is 11.9 Å². The van der Waals surface area contributed by atoms with Gasteiger partial charge in [0.1, 0.15) is 23.1 Å². The molecular weight excluding hydrogens is 283 g/mol. The number of aromatic carboxylic acids is 1. The van der Waals surface area contributed by atoms with E-state index in [4.69, 9.17) is 5.11 Å². The summed E-state index contributed by atoms with van der Waals surface area (Å²) in [6, 6.07) is 7.57. The van der Waals surface area contributed by atoms with Gasteiger partial charge in [-0.25, -0.2) is 18.0 Å². The smallest absolute Gasteiger partial charge is 0.335 e. The van der Waals surface area contributed by atoms with E-state index in [1.54, 1.807) is 18.2 Å². The second-order valence-corrected chi connectivity index (χ2v) is 4.39. The van der Waals surface area contributed by atoms with Crippen LogP contribution in [0.3, 0.4) is 0 Å². The monoisotopic (exact) mass is 295 g/mol. The number of benzene rings is 2. The van der Waals surface area contributed by atoms with E-state index in [1.807, 2.05) is 0 Å².